The Morgan fingerprint density at radius 1 is 1.33 bits per heavy atom. The molecule has 0 radical (unpaired) electrons. The number of hydrazone groups is 1. The zero-order chi connectivity index (χ0) is 18.2. The molecule has 1 aromatic rings. The van der Waals surface area contributed by atoms with Gasteiger partial charge in [-0.05, 0) is 12.3 Å². The summed E-state index contributed by atoms with van der Waals surface area (Å²) in [6.45, 7) is 8.18. The van der Waals surface area contributed by atoms with E-state index in [1.54, 1.807) is 19.2 Å². The number of hydrogen-bond donors (Lipinski definition) is 1. The van der Waals surface area contributed by atoms with Crippen molar-refractivity contribution in [3.05, 3.63) is 6.07 Å². The van der Waals surface area contributed by atoms with Crippen LogP contribution in [-0.4, -0.2) is 48.4 Å². The molecule has 1 aromatic heterocycles. The van der Waals surface area contributed by atoms with Crippen LogP contribution in [0.1, 0.15) is 27.7 Å². The van der Waals surface area contributed by atoms with Gasteiger partial charge in [0.25, 0.3) is 0 Å². The Bertz CT molecular complexity index is 553. The van der Waals surface area contributed by atoms with Crippen molar-refractivity contribution in [2.75, 3.05) is 20.8 Å². The molecule has 1 rings (SSSR count). The highest BCUT2D eigenvalue weighted by Crippen LogP contribution is 2.34. The molecule has 1 amide bonds. The first-order valence-corrected chi connectivity index (χ1v) is 8.27. The molecule has 0 bridgehead atoms. The van der Waals surface area contributed by atoms with Crippen molar-refractivity contribution in [2.45, 2.75) is 38.1 Å². The molecule has 9 heteroatoms. The van der Waals surface area contributed by atoms with Gasteiger partial charge in [-0.25, -0.2) is 10.2 Å². The predicted octanol–water partition coefficient (Wildman–Crippen LogP) is 2.73. The van der Waals surface area contributed by atoms with E-state index >= 15 is 0 Å². The van der Waals surface area contributed by atoms with Crippen LogP contribution in [0.4, 0.5) is 4.79 Å². The van der Waals surface area contributed by atoms with Crippen LogP contribution in [0.2, 0.25) is 0 Å². The predicted molar refractivity (Wildman–Crippen MR) is 92.9 cm³/mol. The van der Waals surface area contributed by atoms with Gasteiger partial charge in [0.2, 0.25) is 11.8 Å². The highest BCUT2D eigenvalue weighted by Gasteiger charge is 2.26. The first-order chi connectivity index (χ1) is 11.3. The molecule has 24 heavy (non-hydrogen) atoms. The molecule has 0 saturated heterocycles. The van der Waals surface area contributed by atoms with Gasteiger partial charge in [0, 0.05) is 6.21 Å². The second-order valence-electron chi connectivity index (χ2n) is 5.75. The van der Waals surface area contributed by atoms with Gasteiger partial charge in [0.1, 0.15) is 0 Å². The van der Waals surface area contributed by atoms with E-state index < -0.39 is 6.09 Å². The number of aromatic nitrogens is 2. The molecule has 0 spiro atoms. The highest BCUT2D eigenvalue weighted by atomic mass is 32.2. The maximum absolute atomic E-state index is 11.3. The average Bonchev–Trinajstić information content (AvgIpc) is 2.52. The second kappa shape index (κ2) is 9.31. The van der Waals surface area contributed by atoms with E-state index in [2.05, 4.69) is 41.3 Å². The molecule has 0 aliphatic rings. The number of hydrogen-bond acceptors (Lipinski definition) is 8. The molecule has 1 N–H and O–H groups in total. The Hall–Kier alpha value is -2.03. The van der Waals surface area contributed by atoms with Gasteiger partial charge in [0.05, 0.1) is 32.1 Å². The Morgan fingerprint density at radius 2 is 1.92 bits per heavy atom. The zero-order valence-electron chi connectivity index (χ0n) is 14.8. The third-order valence-corrected chi connectivity index (χ3v) is 4.28. The molecule has 134 valence electrons. The van der Waals surface area contributed by atoms with E-state index in [0.29, 0.717) is 16.9 Å². The topological polar surface area (TPSA) is 94.9 Å². The number of carbonyl (C=O) groups excluding carboxylic acids is 1. The van der Waals surface area contributed by atoms with Crippen molar-refractivity contribution >= 4 is 24.1 Å². The molecule has 0 saturated carbocycles. The molecular weight excluding hydrogens is 332 g/mol. The molecular formula is C15H24N4O4S. The van der Waals surface area contributed by atoms with Gasteiger partial charge in [-0.15, -0.1) is 0 Å². The van der Waals surface area contributed by atoms with E-state index in [0.717, 1.165) is 0 Å². The summed E-state index contributed by atoms with van der Waals surface area (Å²) < 4.78 is 15.1. The smallest absolute Gasteiger partial charge is 0.427 e. The van der Waals surface area contributed by atoms with Gasteiger partial charge in [-0.2, -0.15) is 15.1 Å². The van der Waals surface area contributed by atoms with E-state index in [4.69, 9.17) is 14.2 Å². The summed E-state index contributed by atoms with van der Waals surface area (Å²) in [7, 11) is 3.06. The number of amides is 1. The van der Waals surface area contributed by atoms with Crippen LogP contribution < -0.4 is 14.9 Å². The van der Waals surface area contributed by atoms with Crippen LogP contribution in [-0.2, 0) is 4.74 Å². The number of nitrogens with zero attached hydrogens (tertiary/aromatic N) is 3. The van der Waals surface area contributed by atoms with Crippen LogP contribution in [0.5, 0.6) is 11.8 Å². The van der Waals surface area contributed by atoms with Crippen LogP contribution in [0.25, 0.3) is 0 Å². The number of thioether (sulfide) groups is 1. The second-order valence-corrected chi connectivity index (χ2v) is 6.86. The van der Waals surface area contributed by atoms with Crippen LogP contribution in [0.3, 0.4) is 0 Å². The third kappa shape index (κ3) is 6.61. The molecule has 1 unspecified atom stereocenters. The summed E-state index contributed by atoms with van der Waals surface area (Å²) in [4.78, 5) is 19.9. The standard InChI is InChI=1S/C15H24N4O4S/c1-7-23-14(20)19-16-9-10(15(2,3)4)24-13-17-11(21-5)8-12(18-13)22-6/h8-10H,7H2,1-6H3,(H,19,20)/b16-9+. The summed E-state index contributed by atoms with van der Waals surface area (Å²) in [5.74, 6) is 0.831. The lowest BCUT2D eigenvalue weighted by atomic mass is 9.92. The van der Waals surface area contributed by atoms with Crippen molar-refractivity contribution in [3.8, 4) is 11.8 Å². The van der Waals surface area contributed by atoms with E-state index in [9.17, 15) is 4.79 Å². The van der Waals surface area contributed by atoms with Gasteiger partial charge in [-0.1, -0.05) is 32.5 Å². The summed E-state index contributed by atoms with van der Waals surface area (Å²) in [5.41, 5.74) is 2.17. The fourth-order valence-corrected chi connectivity index (χ4v) is 2.50. The normalized spacial score (nSPS) is 12.8. The largest absolute Gasteiger partial charge is 0.481 e. The Labute approximate surface area is 146 Å². The lowest BCUT2D eigenvalue weighted by Crippen LogP contribution is -2.27. The number of rotatable bonds is 7. The minimum atomic E-state index is -0.592. The SMILES string of the molecule is CCOC(=O)N/N=C/C(Sc1nc(OC)cc(OC)n1)C(C)(C)C. The Balaban J connectivity index is 2.91. The maximum Gasteiger partial charge on any atom is 0.427 e. The fraction of sp³-hybridized carbons (Fsp3) is 0.600. The van der Waals surface area contributed by atoms with Crippen molar-refractivity contribution < 1.29 is 19.0 Å². The number of nitrogens with one attached hydrogen (secondary N) is 1. The van der Waals surface area contributed by atoms with Gasteiger partial charge >= 0.3 is 6.09 Å². The Kier molecular flexibility index (Phi) is 7.76. The molecule has 1 heterocycles. The molecule has 0 aliphatic carbocycles. The first-order valence-electron chi connectivity index (χ1n) is 7.39. The molecule has 8 nitrogen and oxygen atoms in total. The lowest BCUT2D eigenvalue weighted by molar-refractivity contribution is 0.152. The minimum Gasteiger partial charge on any atom is -0.481 e. The third-order valence-electron chi connectivity index (χ3n) is 2.80. The molecule has 0 fully saturated rings. The quantitative estimate of drug-likeness (QED) is 0.347. The van der Waals surface area contributed by atoms with E-state index in [1.165, 1.54) is 26.0 Å². The number of ether oxygens (including phenoxy) is 3. The molecule has 0 aromatic carbocycles. The van der Waals surface area contributed by atoms with Gasteiger partial charge < -0.3 is 14.2 Å². The molecule has 1 atom stereocenters. The Morgan fingerprint density at radius 3 is 2.38 bits per heavy atom. The summed E-state index contributed by atoms with van der Waals surface area (Å²) in [6.07, 6.45) is 1.04. The maximum atomic E-state index is 11.3. The van der Waals surface area contributed by atoms with Gasteiger partial charge in [0.15, 0.2) is 5.16 Å². The zero-order valence-corrected chi connectivity index (χ0v) is 15.6. The van der Waals surface area contributed by atoms with Crippen LogP contribution >= 0.6 is 11.8 Å². The minimum absolute atomic E-state index is 0.101. The van der Waals surface area contributed by atoms with Crippen molar-refractivity contribution in [1.82, 2.24) is 15.4 Å². The van der Waals surface area contributed by atoms with Crippen molar-refractivity contribution in [1.29, 1.82) is 0 Å². The average molecular weight is 356 g/mol. The first kappa shape index (κ1) is 20.0. The fourth-order valence-electron chi connectivity index (χ4n) is 1.51. The summed E-state index contributed by atoms with van der Waals surface area (Å²) in [6, 6.07) is 1.60. The van der Waals surface area contributed by atoms with Crippen LogP contribution in [0, 0.1) is 5.41 Å². The van der Waals surface area contributed by atoms with Crippen LogP contribution in [0.15, 0.2) is 16.3 Å². The van der Waals surface area contributed by atoms with Crippen molar-refractivity contribution in [3.63, 3.8) is 0 Å². The van der Waals surface area contributed by atoms with E-state index in [1.807, 2.05) is 0 Å². The number of methoxy groups -OCH3 is 2. The highest BCUT2D eigenvalue weighted by molar-refractivity contribution is 8.00. The molecule has 0 aliphatic heterocycles. The summed E-state index contributed by atoms with van der Waals surface area (Å²) in [5, 5.41) is 4.34. The lowest BCUT2D eigenvalue weighted by Gasteiger charge is -2.26. The number of carbonyl (C=O) groups is 1. The summed E-state index contributed by atoms with van der Waals surface area (Å²) >= 11 is 1.40. The van der Waals surface area contributed by atoms with Gasteiger partial charge in [-0.3, -0.25) is 0 Å². The van der Waals surface area contributed by atoms with E-state index in [-0.39, 0.29) is 17.3 Å². The monoisotopic (exact) mass is 356 g/mol. The van der Waals surface area contributed by atoms with Crippen molar-refractivity contribution in [2.24, 2.45) is 10.5 Å².